The minimum Gasteiger partial charge on any atom is -0.369 e. The lowest BCUT2D eigenvalue weighted by atomic mass is 10.1. The van der Waals surface area contributed by atoms with Crippen LogP contribution in [0, 0.1) is 6.92 Å². The lowest BCUT2D eigenvalue weighted by molar-refractivity contribution is 0.385. The van der Waals surface area contributed by atoms with Crippen LogP contribution in [0.15, 0.2) is 57.9 Å². The number of nitrogens with zero attached hydrogens (tertiary/aromatic N) is 2. The van der Waals surface area contributed by atoms with E-state index >= 15 is 0 Å². The molecule has 3 rings (SSSR count). The smallest absolute Gasteiger partial charge is 0.243 e. The number of piperazine rings is 1. The second-order valence-electron chi connectivity index (χ2n) is 5.63. The molecule has 1 heterocycles. The van der Waals surface area contributed by atoms with Gasteiger partial charge in [0.25, 0.3) is 0 Å². The summed E-state index contributed by atoms with van der Waals surface area (Å²) >= 11 is 3.48. The molecule has 1 aliphatic rings. The number of rotatable bonds is 3. The number of anilines is 1. The third kappa shape index (κ3) is 3.44. The van der Waals surface area contributed by atoms with Gasteiger partial charge in [-0.3, -0.25) is 0 Å². The zero-order chi connectivity index (χ0) is 16.4. The van der Waals surface area contributed by atoms with Crippen molar-refractivity contribution >= 4 is 31.6 Å². The monoisotopic (exact) mass is 394 g/mol. The van der Waals surface area contributed by atoms with Gasteiger partial charge in [0.05, 0.1) is 4.90 Å². The van der Waals surface area contributed by atoms with Crippen LogP contribution in [0.3, 0.4) is 0 Å². The van der Waals surface area contributed by atoms with Crippen LogP contribution in [0.4, 0.5) is 5.69 Å². The second-order valence-corrected chi connectivity index (χ2v) is 8.49. The normalized spacial score (nSPS) is 16.5. The first-order chi connectivity index (χ1) is 11.0. The van der Waals surface area contributed by atoms with Gasteiger partial charge >= 0.3 is 0 Å². The van der Waals surface area contributed by atoms with Crippen LogP contribution in [-0.2, 0) is 10.0 Å². The average Bonchev–Trinajstić information content (AvgIpc) is 2.56. The van der Waals surface area contributed by atoms with E-state index in [9.17, 15) is 8.42 Å². The Morgan fingerprint density at radius 3 is 2.22 bits per heavy atom. The highest BCUT2D eigenvalue weighted by Gasteiger charge is 2.28. The van der Waals surface area contributed by atoms with Crippen LogP contribution in [-0.4, -0.2) is 38.9 Å². The van der Waals surface area contributed by atoms with Crippen molar-refractivity contribution < 1.29 is 8.42 Å². The van der Waals surface area contributed by atoms with Gasteiger partial charge in [0.1, 0.15) is 0 Å². The summed E-state index contributed by atoms with van der Waals surface area (Å²) in [6.07, 6.45) is 0. The van der Waals surface area contributed by atoms with E-state index in [0.29, 0.717) is 31.1 Å². The molecule has 0 aromatic heterocycles. The minimum absolute atomic E-state index is 0.369. The Balaban J connectivity index is 1.74. The molecule has 6 heteroatoms. The summed E-state index contributed by atoms with van der Waals surface area (Å²) in [5.41, 5.74) is 2.36. The summed E-state index contributed by atoms with van der Waals surface area (Å²) in [4.78, 5) is 2.62. The van der Waals surface area contributed by atoms with Crippen molar-refractivity contribution in [2.75, 3.05) is 31.1 Å². The Morgan fingerprint density at radius 2 is 1.61 bits per heavy atom. The topological polar surface area (TPSA) is 40.6 Å². The Hall–Kier alpha value is -1.37. The number of hydrogen-bond donors (Lipinski definition) is 0. The van der Waals surface area contributed by atoms with Crippen LogP contribution >= 0.6 is 15.9 Å². The molecular weight excluding hydrogens is 376 g/mol. The molecule has 0 unspecified atom stereocenters. The first kappa shape index (κ1) is 16.5. The standard InChI is InChI=1S/C17H19BrN2O2S/c1-14-13-15(18)7-8-17(14)19-9-11-20(12-10-19)23(21,22)16-5-3-2-4-6-16/h2-8,13H,9-12H2,1H3. The Morgan fingerprint density at radius 1 is 0.957 bits per heavy atom. The highest BCUT2D eigenvalue weighted by Crippen LogP contribution is 2.26. The molecular formula is C17H19BrN2O2S. The SMILES string of the molecule is Cc1cc(Br)ccc1N1CCN(S(=O)(=O)c2ccccc2)CC1. The molecule has 2 aromatic rings. The number of aryl methyl sites for hydroxylation is 1. The first-order valence-electron chi connectivity index (χ1n) is 7.55. The van der Waals surface area contributed by atoms with Crippen molar-refractivity contribution in [2.24, 2.45) is 0 Å². The van der Waals surface area contributed by atoms with E-state index in [-0.39, 0.29) is 0 Å². The average molecular weight is 395 g/mol. The van der Waals surface area contributed by atoms with Crippen molar-refractivity contribution in [3.63, 3.8) is 0 Å². The molecule has 0 spiro atoms. The van der Waals surface area contributed by atoms with E-state index < -0.39 is 10.0 Å². The zero-order valence-electron chi connectivity index (χ0n) is 12.9. The van der Waals surface area contributed by atoms with Crippen LogP contribution in [0.25, 0.3) is 0 Å². The quantitative estimate of drug-likeness (QED) is 0.801. The summed E-state index contributed by atoms with van der Waals surface area (Å²) in [6.45, 7) is 4.50. The molecule has 122 valence electrons. The lowest BCUT2D eigenvalue weighted by Crippen LogP contribution is -2.48. The lowest BCUT2D eigenvalue weighted by Gasteiger charge is -2.36. The predicted molar refractivity (Wildman–Crippen MR) is 96.3 cm³/mol. The van der Waals surface area contributed by atoms with Gasteiger partial charge in [-0.05, 0) is 42.8 Å². The van der Waals surface area contributed by atoms with Gasteiger partial charge in [-0.2, -0.15) is 4.31 Å². The van der Waals surface area contributed by atoms with E-state index in [1.165, 1.54) is 11.3 Å². The number of halogens is 1. The molecule has 0 bridgehead atoms. The first-order valence-corrected chi connectivity index (χ1v) is 9.78. The molecule has 0 N–H and O–H groups in total. The van der Waals surface area contributed by atoms with E-state index in [2.05, 4.69) is 39.9 Å². The molecule has 1 fully saturated rings. The van der Waals surface area contributed by atoms with Gasteiger partial charge in [0, 0.05) is 36.3 Å². The molecule has 1 saturated heterocycles. The fourth-order valence-corrected chi connectivity index (χ4v) is 4.80. The van der Waals surface area contributed by atoms with Crippen LogP contribution in [0.1, 0.15) is 5.56 Å². The fraction of sp³-hybridized carbons (Fsp3) is 0.294. The van der Waals surface area contributed by atoms with Gasteiger partial charge in [0.2, 0.25) is 10.0 Å². The largest absolute Gasteiger partial charge is 0.369 e. The van der Waals surface area contributed by atoms with Crippen LogP contribution < -0.4 is 4.90 Å². The molecule has 0 radical (unpaired) electrons. The molecule has 0 amide bonds. The molecule has 0 atom stereocenters. The highest BCUT2D eigenvalue weighted by molar-refractivity contribution is 9.10. The molecule has 0 aliphatic carbocycles. The third-order valence-corrected chi connectivity index (χ3v) is 6.53. The van der Waals surface area contributed by atoms with Gasteiger partial charge in [-0.15, -0.1) is 0 Å². The Bertz CT molecular complexity index is 785. The third-order valence-electron chi connectivity index (χ3n) is 4.12. The summed E-state index contributed by atoms with van der Waals surface area (Å²) in [5.74, 6) is 0. The summed E-state index contributed by atoms with van der Waals surface area (Å²) in [5, 5.41) is 0. The summed E-state index contributed by atoms with van der Waals surface area (Å²) in [7, 11) is -3.39. The van der Waals surface area contributed by atoms with Gasteiger partial charge < -0.3 is 4.90 Å². The molecule has 4 nitrogen and oxygen atoms in total. The molecule has 23 heavy (non-hydrogen) atoms. The molecule has 2 aromatic carbocycles. The van der Waals surface area contributed by atoms with Crippen LogP contribution in [0.2, 0.25) is 0 Å². The molecule has 0 saturated carbocycles. The van der Waals surface area contributed by atoms with Crippen molar-refractivity contribution in [2.45, 2.75) is 11.8 Å². The maximum atomic E-state index is 12.6. The summed E-state index contributed by atoms with van der Waals surface area (Å²) < 4.78 is 27.9. The Kier molecular flexibility index (Phi) is 4.75. The zero-order valence-corrected chi connectivity index (χ0v) is 15.3. The van der Waals surface area contributed by atoms with Crippen molar-refractivity contribution in [1.82, 2.24) is 4.31 Å². The van der Waals surface area contributed by atoms with E-state index in [0.717, 1.165) is 4.47 Å². The van der Waals surface area contributed by atoms with Crippen molar-refractivity contribution in [3.05, 3.63) is 58.6 Å². The van der Waals surface area contributed by atoms with Crippen molar-refractivity contribution in [1.29, 1.82) is 0 Å². The maximum Gasteiger partial charge on any atom is 0.243 e. The second kappa shape index (κ2) is 6.63. The maximum absolute atomic E-state index is 12.6. The molecule has 1 aliphatic heterocycles. The predicted octanol–water partition coefficient (Wildman–Crippen LogP) is 3.27. The van der Waals surface area contributed by atoms with E-state index in [1.807, 2.05) is 12.1 Å². The highest BCUT2D eigenvalue weighted by atomic mass is 79.9. The number of hydrogen-bond acceptors (Lipinski definition) is 3. The number of benzene rings is 2. The van der Waals surface area contributed by atoms with E-state index in [1.54, 1.807) is 28.6 Å². The van der Waals surface area contributed by atoms with Gasteiger partial charge in [-0.1, -0.05) is 34.1 Å². The van der Waals surface area contributed by atoms with Gasteiger partial charge in [0.15, 0.2) is 0 Å². The Labute approximate surface area is 145 Å². The van der Waals surface area contributed by atoms with Crippen LogP contribution in [0.5, 0.6) is 0 Å². The number of sulfonamides is 1. The van der Waals surface area contributed by atoms with Crippen molar-refractivity contribution in [3.8, 4) is 0 Å². The van der Waals surface area contributed by atoms with Gasteiger partial charge in [-0.25, -0.2) is 8.42 Å². The van der Waals surface area contributed by atoms with E-state index in [4.69, 9.17) is 0 Å². The minimum atomic E-state index is -3.39. The summed E-state index contributed by atoms with van der Waals surface area (Å²) in [6, 6.07) is 14.8. The fourth-order valence-electron chi connectivity index (χ4n) is 2.88.